The lowest BCUT2D eigenvalue weighted by atomic mass is 10.2. The molecule has 1 saturated heterocycles. The van der Waals surface area contributed by atoms with Crippen molar-refractivity contribution in [3.05, 3.63) is 80.7 Å². The van der Waals surface area contributed by atoms with Gasteiger partial charge >= 0.3 is 0 Å². The van der Waals surface area contributed by atoms with Crippen molar-refractivity contribution in [2.75, 3.05) is 6.61 Å². The van der Waals surface area contributed by atoms with Crippen LogP contribution >= 0.6 is 46.7 Å². The van der Waals surface area contributed by atoms with Crippen molar-refractivity contribution in [2.24, 2.45) is 0 Å². The first kappa shape index (κ1) is 21.8. The molecule has 0 radical (unpaired) electrons. The molecule has 0 amide bonds. The van der Waals surface area contributed by atoms with Gasteiger partial charge < -0.3 is 4.74 Å². The Kier molecular flexibility index (Phi) is 7.44. The molecule has 1 fully saturated rings. The van der Waals surface area contributed by atoms with Gasteiger partial charge in [0.2, 0.25) is 0 Å². The van der Waals surface area contributed by atoms with Gasteiger partial charge in [0.1, 0.15) is 5.44 Å². The summed E-state index contributed by atoms with van der Waals surface area (Å²) in [5, 5.41) is 5.46. The molecule has 3 aromatic rings. The highest BCUT2D eigenvalue weighted by atomic mass is 35.5. The van der Waals surface area contributed by atoms with E-state index < -0.39 is 0 Å². The second kappa shape index (κ2) is 10.2. The van der Waals surface area contributed by atoms with Gasteiger partial charge in [-0.3, -0.25) is 4.79 Å². The van der Waals surface area contributed by atoms with Gasteiger partial charge in [-0.1, -0.05) is 59.2 Å². The van der Waals surface area contributed by atoms with E-state index in [1.54, 1.807) is 24.0 Å². The Morgan fingerprint density at radius 3 is 2.67 bits per heavy atom. The Hall–Kier alpha value is -1.44. The fourth-order valence-electron chi connectivity index (χ4n) is 3.12. The van der Waals surface area contributed by atoms with Gasteiger partial charge in [0.05, 0.1) is 26.8 Å². The molecule has 30 heavy (non-hydrogen) atoms. The van der Waals surface area contributed by atoms with E-state index in [-0.39, 0.29) is 11.0 Å². The van der Waals surface area contributed by atoms with E-state index in [2.05, 4.69) is 5.10 Å². The zero-order chi connectivity index (χ0) is 20.9. The average molecular weight is 479 g/mol. The van der Waals surface area contributed by atoms with Crippen molar-refractivity contribution in [2.45, 2.75) is 40.2 Å². The van der Waals surface area contributed by atoms with E-state index in [0.29, 0.717) is 20.7 Å². The van der Waals surface area contributed by atoms with Crippen LogP contribution in [0.2, 0.25) is 10.0 Å². The van der Waals surface area contributed by atoms with Crippen molar-refractivity contribution in [3.8, 4) is 5.69 Å². The molecule has 8 heteroatoms. The third kappa shape index (κ3) is 5.24. The first-order chi connectivity index (χ1) is 14.6. The van der Waals surface area contributed by atoms with Crippen LogP contribution < -0.4 is 5.56 Å². The van der Waals surface area contributed by atoms with E-state index >= 15 is 0 Å². The SMILES string of the molecule is O=c1c(SCc2ccc(Cl)c(Cl)c2)c(S[C@@H]2CCCCO2)cnn1-c1ccccc1. The van der Waals surface area contributed by atoms with E-state index in [9.17, 15) is 4.79 Å². The third-order valence-electron chi connectivity index (χ3n) is 4.67. The van der Waals surface area contributed by atoms with Gasteiger partial charge in [0.15, 0.2) is 0 Å². The van der Waals surface area contributed by atoms with Crippen LogP contribution in [0.4, 0.5) is 0 Å². The summed E-state index contributed by atoms with van der Waals surface area (Å²) in [4.78, 5) is 14.9. The van der Waals surface area contributed by atoms with Crippen LogP contribution in [0.15, 0.2) is 69.3 Å². The van der Waals surface area contributed by atoms with Crippen LogP contribution in [-0.4, -0.2) is 21.8 Å². The van der Waals surface area contributed by atoms with Gasteiger partial charge in [-0.15, -0.1) is 11.8 Å². The van der Waals surface area contributed by atoms with Crippen molar-refractivity contribution >= 4 is 46.7 Å². The largest absolute Gasteiger partial charge is 0.367 e. The topological polar surface area (TPSA) is 44.1 Å². The molecule has 1 aliphatic heterocycles. The van der Waals surface area contributed by atoms with Crippen LogP contribution in [-0.2, 0) is 10.5 Å². The molecule has 0 unspecified atom stereocenters. The predicted octanol–water partition coefficient (Wildman–Crippen LogP) is 6.45. The molecule has 4 nitrogen and oxygen atoms in total. The zero-order valence-corrected chi connectivity index (χ0v) is 19.2. The lowest BCUT2D eigenvalue weighted by Gasteiger charge is -2.22. The molecule has 1 atom stereocenters. The van der Waals surface area contributed by atoms with E-state index in [0.717, 1.165) is 42.0 Å². The Morgan fingerprint density at radius 2 is 1.93 bits per heavy atom. The van der Waals surface area contributed by atoms with Crippen molar-refractivity contribution in [3.63, 3.8) is 0 Å². The monoisotopic (exact) mass is 478 g/mol. The van der Waals surface area contributed by atoms with Gasteiger partial charge in [-0.25, -0.2) is 0 Å². The van der Waals surface area contributed by atoms with E-state index in [1.807, 2.05) is 42.5 Å². The van der Waals surface area contributed by atoms with E-state index in [4.69, 9.17) is 27.9 Å². The maximum absolute atomic E-state index is 13.4. The Balaban J connectivity index is 1.66. The molecule has 2 heterocycles. The summed E-state index contributed by atoms with van der Waals surface area (Å²) < 4.78 is 7.32. The van der Waals surface area contributed by atoms with Crippen LogP contribution in [0.5, 0.6) is 0 Å². The second-order valence-electron chi connectivity index (χ2n) is 6.84. The summed E-state index contributed by atoms with van der Waals surface area (Å²) in [6.07, 6.45) is 4.97. The first-order valence-corrected chi connectivity index (χ1v) is 12.3. The third-order valence-corrected chi connectivity index (χ3v) is 7.89. The van der Waals surface area contributed by atoms with Crippen LogP contribution in [0.25, 0.3) is 5.69 Å². The van der Waals surface area contributed by atoms with Crippen LogP contribution in [0.3, 0.4) is 0 Å². The second-order valence-corrected chi connectivity index (χ2v) is 9.84. The molecule has 0 N–H and O–H groups in total. The number of hydrogen-bond donors (Lipinski definition) is 0. The number of benzene rings is 2. The summed E-state index contributed by atoms with van der Waals surface area (Å²) >= 11 is 15.3. The highest BCUT2D eigenvalue weighted by Crippen LogP contribution is 2.36. The van der Waals surface area contributed by atoms with Crippen molar-refractivity contribution in [1.82, 2.24) is 9.78 Å². The smallest absolute Gasteiger partial charge is 0.286 e. The molecule has 0 spiro atoms. The lowest BCUT2D eigenvalue weighted by Crippen LogP contribution is -2.24. The minimum Gasteiger partial charge on any atom is -0.367 e. The molecule has 1 aromatic heterocycles. The number of aromatic nitrogens is 2. The highest BCUT2D eigenvalue weighted by molar-refractivity contribution is 8.02. The first-order valence-electron chi connectivity index (χ1n) is 9.64. The summed E-state index contributed by atoms with van der Waals surface area (Å²) in [6, 6.07) is 15.0. The highest BCUT2D eigenvalue weighted by Gasteiger charge is 2.20. The molecular weight excluding hydrogens is 459 g/mol. The fraction of sp³-hybridized carbons (Fsp3) is 0.273. The number of nitrogens with zero attached hydrogens (tertiary/aromatic N) is 2. The summed E-state index contributed by atoms with van der Waals surface area (Å²) in [5.74, 6) is 0.601. The molecule has 4 rings (SSSR count). The quantitative estimate of drug-likeness (QED) is 0.380. The molecule has 0 bridgehead atoms. The number of halogens is 2. The van der Waals surface area contributed by atoms with Crippen LogP contribution in [0.1, 0.15) is 24.8 Å². The molecule has 0 saturated carbocycles. The maximum Gasteiger partial charge on any atom is 0.286 e. The lowest BCUT2D eigenvalue weighted by molar-refractivity contribution is 0.0727. The average Bonchev–Trinajstić information content (AvgIpc) is 2.77. The van der Waals surface area contributed by atoms with Gasteiger partial charge in [-0.2, -0.15) is 9.78 Å². The normalized spacial score (nSPS) is 16.5. The standard InChI is InChI=1S/C22H20Cl2N2O2S2/c23-17-10-9-15(12-18(17)24)14-29-21-19(30-20-8-4-5-11-28-20)13-25-26(22(21)27)16-6-2-1-3-7-16/h1-3,6-7,9-10,12-13,20H,4-5,8,11,14H2/t20-/m1/s1. The zero-order valence-electron chi connectivity index (χ0n) is 16.1. The van der Waals surface area contributed by atoms with Gasteiger partial charge in [-0.05, 0) is 49.1 Å². The molecule has 156 valence electrons. The number of thioether (sulfide) groups is 2. The summed E-state index contributed by atoms with van der Waals surface area (Å²) in [5.41, 5.74) is 1.66. The number of hydrogen-bond acceptors (Lipinski definition) is 5. The van der Waals surface area contributed by atoms with Gasteiger partial charge in [0, 0.05) is 17.3 Å². The van der Waals surface area contributed by atoms with Gasteiger partial charge in [0.25, 0.3) is 5.56 Å². The minimum absolute atomic E-state index is 0.0526. The number of ether oxygens (including phenoxy) is 1. The molecule has 2 aromatic carbocycles. The Labute approximate surface area is 193 Å². The minimum atomic E-state index is -0.132. The predicted molar refractivity (Wildman–Crippen MR) is 125 cm³/mol. The van der Waals surface area contributed by atoms with Crippen molar-refractivity contribution in [1.29, 1.82) is 0 Å². The number of rotatable bonds is 6. The molecule has 1 aliphatic rings. The summed E-state index contributed by atoms with van der Waals surface area (Å²) in [7, 11) is 0. The van der Waals surface area contributed by atoms with E-state index in [1.165, 1.54) is 16.4 Å². The summed E-state index contributed by atoms with van der Waals surface area (Å²) in [6.45, 7) is 0.762. The number of para-hydroxylation sites is 1. The molecule has 0 aliphatic carbocycles. The maximum atomic E-state index is 13.4. The van der Waals surface area contributed by atoms with Crippen molar-refractivity contribution < 1.29 is 4.74 Å². The van der Waals surface area contributed by atoms with Crippen LogP contribution in [0, 0.1) is 0 Å². The Bertz CT molecular complexity index is 1070. The molecular formula is C22H20Cl2N2O2S2. The fourth-order valence-corrected chi connectivity index (χ4v) is 5.70. The Morgan fingerprint density at radius 1 is 1.10 bits per heavy atom.